The van der Waals surface area contributed by atoms with Gasteiger partial charge in [-0.25, -0.2) is 0 Å². The molecule has 158 valence electrons. The molecule has 0 radical (unpaired) electrons. The fourth-order valence-electron chi connectivity index (χ4n) is 3.17. The highest BCUT2D eigenvalue weighted by atomic mass is 32.2. The maximum absolute atomic E-state index is 12.4. The maximum atomic E-state index is 12.4. The van der Waals surface area contributed by atoms with E-state index in [1.54, 1.807) is 30.3 Å². The van der Waals surface area contributed by atoms with Gasteiger partial charge in [0.15, 0.2) is 5.17 Å². The molecular formula is C22H17F2N3O2S2. The second-order valence-electron chi connectivity index (χ2n) is 6.69. The zero-order valence-electron chi connectivity index (χ0n) is 16.0. The number of amides is 1. The third-order valence-corrected chi connectivity index (χ3v) is 6.42. The van der Waals surface area contributed by atoms with Gasteiger partial charge >= 0.3 is 0 Å². The topological polar surface area (TPSA) is 74.0 Å². The van der Waals surface area contributed by atoms with Crippen LogP contribution in [0.2, 0.25) is 0 Å². The van der Waals surface area contributed by atoms with Crippen LogP contribution >= 0.6 is 23.5 Å². The van der Waals surface area contributed by atoms with E-state index < -0.39 is 5.76 Å². The van der Waals surface area contributed by atoms with Gasteiger partial charge in [-0.05, 0) is 41.0 Å². The van der Waals surface area contributed by atoms with E-state index >= 15 is 0 Å². The molecule has 1 aliphatic rings. The van der Waals surface area contributed by atoms with Crippen LogP contribution in [0, 0.1) is 0 Å². The highest BCUT2D eigenvalue weighted by Gasteiger charge is 2.30. The van der Waals surface area contributed by atoms with Crippen molar-refractivity contribution in [1.29, 1.82) is 0 Å². The number of alkyl halides is 2. The Kier molecular flexibility index (Phi) is 6.53. The summed E-state index contributed by atoms with van der Waals surface area (Å²) >= 11 is 1.75. The molecule has 3 aromatic carbocycles. The lowest BCUT2D eigenvalue weighted by Crippen LogP contribution is -2.25. The lowest BCUT2D eigenvalue weighted by Gasteiger charge is -2.06. The van der Waals surface area contributed by atoms with Crippen molar-refractivity contribution in [2.45, 2.75) is 22.3 Å². The number of carbonyl (C=O) groups is 1. The SMILES string of the molecule is O=C1N/C(=N/N=C\c2c(O)ccc3ccccc23)S[C@@H]1Cc1ccc(SC(F)F)cc1. The normalized spacial score (nSPS) is 17.8. The van der Waals surface area contributed by atoms with E-state index in [1.807, 2.05) is 30.3 Å². The third-order valence-electron chi connectivity index (χ3n) is 4.63. The molecule has 0 aliphatic carbocycles. The number of phenolic OH excluding ortho intramolecular Hbond substituents is 1. The number of thioether (sulfide) groups is 2. The second kappa shape index (κ2) is 9.49. The Morgan fingerprint density at radius 2 is 1.90 bits per heavy atom. The summed E-state index contributed by atoms with van der Waals surface area (Å²) in [4.78, 5) is 12.7. The van der Waals surface area contributed by atoms with Crippen LogP contribution in [0.3, 0.4) is 0 Å². The van der Waals surface area contributed by atoms with Crippen LogP contribution in [-0.4, -0.2) is 33.4 Å². The van der Waals surface area contributed by atoms with Crippen LogP contribution in [0.5, 0.6) is 5.75 Å². The number of nitrogens with one attached hydrogen (secondary N) is 1. The van der Waals surface area contributed by atoms with Gasteiger partial charge in [0.1, 0.15) is 5.75 Å². The fourth-order valence-corrected chi connectivity index (χ4v) is 4.63. The van der Waals surface area contributed by atoms with Gasteiger partial charge in [0.2, 0.25) is 5.91 Å². The molecule has 0 spiro atoms. The van der Waals surface area contributed by atoms with Crippen LogP contribution in [0.4, 0.5) is 8.78 Å². The molecule has 9 heteroatoms. The first kappa shape index (κ1) is 21.3. The molecule has 4 rings (SSSR count). The molecule has 3 aromatic rings. The molecule has 1 heterocycles. The smallest absolute Gasteiger partial charge is 0.288 e. The predicted octanol–water partition coefficient (Wildman–Crippen LogP) is 5.02. The van der Waals surface area contributed by atoms with Gasteiger partial charge in [-0.15, -0.1) is 5.10 Å². The first-order valence-electron chi connectivity index (χ1n) is 9.32. The summed E-state index contributed by atoms with van der Waals surface area (Å²) in [5.41, 5.74) is 1.42. The van der Waals surface area contributed by atoms with Crippen LogP contribution in [0.25, 0.3) is 10.8 Å². The number of aromatic hydroxyl groups is 1. The third kappa shape index (κ3) is 5.23. The van der Waals surface area contributed by atoms with Crippen LogP contribution < -0.4 is 5.32 Å². The van der Waals surface area contributed by atoms with Gasteiger partial charge in [-0.2, -0.15) is 13.9 Å². The van der Waals surface area contributed by atoms with Gasteiger partial charge in [-0.3, -0.25) is 4.79 Å². The van der Waals surface area contributed by atoms with Gasteiger partial charge in [0.25, 0.3) is 5.76 Å². The summed E-state index contributed by atoms with van der Waals surface area (Å²) in [6, 6.07) is 17.8. The number of halogens is 2. The minimum atomic E-state index is -2.46. The van der Waals surface area contributed by atoms with E-state index in [2.05, 4.69) is 15.5 Å². The predicted molar refractivity (Wildman–Crippen MR) is 122 cm³/mol. The number of nitrogens with zero attached hydrogens (tertiary/aromatic N) is 2. The Morgan fingerprint density at radius 3 is 2.68 bits per heavy atom. The molecular weight excluding hydrogens is 440 g/mol. The average molecular weight is 458 g/mol. The average Bonchev–Trinajstić information content (AvgIpc) is 3.10. The molecule has 1 atom stereocenters. The Balaban J connectivity index is 1.43. The van der Waals surface area contributed by atoms with Gasteiger partial charge in [0.05, 0.1) is 11.5 Å². The van der Waals surface area contributed by atoms with Crippen molar-refractivity contribution in [3.63, 3.8) is 0 Å². The monoisotopic (exact) mass is 457 g/mol. The summed E-state index contributed by atoms with van der Waals surface area (Å²) in [6.07, 6.45) is 1.91. The number of phenols is 1. The van der Waals surface area contributed by atoms with Crippen molar-refractivity contribution in [3.8, 4) is 5.75 Å². The number of benzene rings is 3. The van der Waals surface area contributed by atoms with Gasteiger partial charge < -0.3 is 10.4 Å². The molecule has 31 heavy (non-hydrogen) atoms. The standard InChI is InChI=1S/C22H17F2N3O2S2/c23-21(24)30-15-8-5-13(6-9-15)11-19-20(29)26-22(31-19)27-25-12-17-16-4-2-1-3-14(16)7-10-18(17)28/h1-10,12,19,21,28H,11H2,(H,26,27,29)/b25-12-/t19-/m1/s1. The number of fused-ring (bicyclic) bond motifs is 1. The van der Waals surface area contributed by atoms with E-state index in [1.165, 1.54) is 18.0 Å². The first-order chi connectivity index (χ1) is 15.0. The molecule has 2 N–H and O–H groups in total. The Bertz CT molecular complexity index is 1170. The molecule has 1 saturated heterocycles. The number of amidine groups is 1. The molecule has 1 fully saturated rings. The van der Waals surface area contributed by atoms with Crippen LogP contribution in [0.15, 0.2) is 75.8 Å². The van der Waals surface area contributed by atoms with Gasteiger partial charge in [-0.1, -0.05) is 66.0 Å². The highest BCUT2D eigenvalue weighted by Crippen LogP contribution is 2.28. The van der Waals surface area contributed by atoms with E-state index in [0.717, 1.165) is 16.3 Å². The number of hydrogen-bond acceptors (Lipinski definition) is 6. The summed E-state index contributed by atoms with van der Waals surface area (Å²) in [7, 11) is 0. The molecule has 1 amide bonds. The Hall–Kier alpha value is -2.91. The van der Waals surface area contributed by atoms with Crippen molar-refractivity contribution >= 4 is 51.6 Å². The lowest BCUT2D eigenvalue weighted by molar-refractivity contribution is -0.118. The minimum absolute atomic E-state index is 0.0945. The molecule has 0 bridgehead atoms. The van der Waals surface area contributed by atoms with Crippen molar-refractivity contribution in [2.24, 2.45) is 10.2 Å². The maximum Gasteiger partial charge on any atom is 0.288 e. The van der Waals surface area contributed by atoms with E-state index in [4.69, 9.17) is 0 Å². The number of rotatable bonds is 6. The number of hydrogen-bond donors (Lipinski definition) is 2. The van der Waals surface area contributed by atoms with Crippen molar-refractivity contribution in [1.82, 2.24) is 5.32 Å². The molecule has 5 nitrogen and oxygen atoms in total. The lowest BCUT2D eigenvalue weighted by atomic mass is 10.0. The fraction of sp³-hybridized carbons (Fsp3) is 0.136. The summed E-state index contributed by atoms with van der Waals surface area (Å²) < 4.78 is 24.8. The van der Waals surface area contributed by atoms with Crippen LogP contribution in [0.1, 0.15) is 11.1 Å². The van der Waals surface area contributed by atoms with Crippen molar-refractivity contribution < 1.29 is 18.7 Å². The molecule has 0 saturated carbocycles. The largest absolute Gasteiger partial charge is 0.507 e. The van der Waals surface area contributed by atoms with E-state index in [-0.39, 0.29) is 16.9 Å². The molecule has 1 aliphatic heterocycles. The van der Waals surface area contributed by atoms with Crippen molar-refractivity contribution in [2.75, 3.05) is 0 Å². The number of carbonyl (C=O) groups excluding carboxylic acids is 1. The summed E-state index contributed by atoms with van der Waals surface area (Å²) in [5.74, 6) is -2.55. The second-order valence-corrected chi connectivity index (χ2v) is 8.95. The highest BCUT2D eigenvalue weighted by molar-refractivity contribution is 8.15. The zero-order valence-corrected chi connectivity index (χ0v) is 17.7. The molecule has 0 aromatic heterocycles. The van der Waals surface area contributed by atoms with Gasteiger partial charge in [0, 0.05) is 10.5 Å². The van der Waals surface area contributed by atoms with E-state index in [9.17, 15) is 18.7 Å². The summed E-state index contributed by atoms with van der Waals surface area (Å²) in [6.45, 7) is 0. The van der Waals surface area contributed by atoms with Crippen molar-refractivity contribution in [3.05, 3.63) is 71.8 Å². The minimum Gasteiger partial charge on any atom is -0.507 e. The summed E-state index contributed by atoms with van der Waals surface area (Å²) in [5, 5.41) is 22.8. The Labute approximate surface area is 185 Å². The molecule has 0 unspecified atom stereocenters. The quantitative estimate of drug-likeness (QED) is 0.310. The van der Waals surface area contributed by atoms with Crippen LogP contribution in [-0.2, 0) is 11.2 Å². The zero-order chi connectivity index (χ0) is 21.8. The Morgan fingerprint density at radius 1 is 1.13 bits per heavy atom. The first-order valence-corrected chi connectivity index (χ1v) is 11.1. The van der Waals surface area contributed by atoms with E-state index in [0.29, 0.717) is 33.8 Å².